The number of aromatic nitrogens is 1. The molecule has 2 heterocycles. The molecule has 1 atom stereocenters. The Balaban J connectivity index is 1.60. The van der Waals surface area contributed by atoms with Gasteiger partial charge < -0.3 is 4.74 Å². The molecule has 154 valence electrons. The van der Waals surface area contributed by atoms with Crippen molar-refractivity contribution in [2.75, 3.05) is 0 Å². The fourth-order valence-corrected chi connectivity index (χ4v) is 5.12. The molecule has 0 bridgehead atoms. The quantitative estimate of drug-likeness (QED) is 0.274. The molecule has 5 rings (SSSR count). The minimum absolute atomic E-state index is 0.0253. The topological polar surface area (TPSA) is 22.1 Å². The Morgan fingerprint density at radius 3 is 2.45 bits per heavy atom. The van der Waals surface area contributed by atoms with Crippen molar-refractivity contribution >= 4 is 32.3 Å². The van der Waals surface area contributed by atoms with Crippen LogP contribution in [-0.2, 0) is 6.42 Å². The second-order valence-corrected chi connectivity index (χ2v) is 8.65. The molecule has 0 radical (unpaired) electrons. The normalized spacial score (nSPS) is 12.3. The fraction of sp³-hybridized carbons (Fsp3) is 0.179. The van der Waals surface area contributed by atoms with Gasteiger partial charge in [-0.3, -0.25) is 0 Å². The first-order valence-corrected chi connectivity index (χ1v) is 11.8. The summed E-state index contributed by atoms with van der Waals surface area (Å²) in [4.78, 5) is 5.13. The number of rotatable bonds is 6. The standard InChI is InChI=1S/C28H25NOS/c1-3-19-14-17-26(30-25(4-2)20-10-6-5-7-11-20)22-15-16-24(29-28(19)22)23-18-31-27-13-9-8-12-21(23)27/h5-18,25H,3-4H2,1-2H3/t25-/m1/s1. The summed E-state index contributed by atoms with van der Waals surface area (Å²) in [6, 6.07) is 27.6. The van der Waals surface area contributed by atoms with Crippen LogP contribution in [0.2, 0.25) is 0 Å². The van der Waals surface area contributed by atoms with Crippen molar-refractivity contribution in [2.24, 2.45) is 0 Å². The molecular weight excluding hydrogens is 398 g/mol. The molecule has 0 N–H and O–H groups in total. The van der Waals surface area contributed by atoms with Gasteiger partial charge in [-0.15, -0.1) is 11.3 Å². The van der Waals surface area contributed by atoms with Crippen LogP contribution in [0.5, 0.6) is 5.75 Å². The van der Waals surface area contributed by atoms with Crippen LogP contribution >= 0.6 is 11.3 Å². The zero-order valence-corrected chi connectivity index (χ0v) is 18.7. The van der Waals surface area contributed by atoms with E-state index in [9.17, 15) is 0 Å². The van der Waals surface area contributed by atoms with E-state index in [0.717, 1.165) is 35.2 Å². The Morgan fingerprint density at radius 1 is 0.839 bits per heavy atom. The lowest BCUT2D eigenvalue weighted by atomic mass is 10.0. The summed E-state index contributed by atoms with van der Waals surface area (Å²) in [6.45, 7) is 4.35. The molecule has 0 amide bonds. The van der Waals surface area contributed by atoms with Gasteiger partial charge in [0.1, 0.15) is 11.9 Å². The Hall–Kier alpha value is -3.17. The largest absolute Gasteiger partial charge is 0.485 e. The number of aryl methyl sites for hydroxylation is 1. The van der Waals surface area contributed by atoms with Crippen LogP contribution in [0.3, 0.4) is 0 Å². The van der Waals surface area contributed by atoms with Crippen molar-refractivity contribution in [1.82, 2.24) is 4.98 Å². The van der Waals surface area contributed by atoms with Crippen molar-refractivity contribution in [1.29, 1.82) is 0 Å². The fourth-order valence-electron chi connectivity index (χ4n) is 4.17. The van der Waals surface area contributed by atoms with Crippen molar-refractivity contribution in [2.45, 2.75) is 32.8 Å². The van der Waals surface area contributed by atoms with Gasteiger partial charge in [0.05, 0.1) is 11.2 Å². The van der Waals surface area contributed by atoms with Gasteiger partial charge in [-0.2, -0.15) is 0 Å². The first-order chi connectivity index (χ1) is 15.3. The third-order valence-electron chi connectivity index (χ3n) is 5.85. The third-order valence-corrected chi connectivity index (χ3v) is 6.81. The second-order valence-electron chi connectivity index (χ2n) is 7.74. The summed E-state index contributed by atoms with van der Waals surface area (Å²) < 4.78 is 7.82. The predicted molar refractivity (Wildman–Crippen MR) is 132 cm³/mol. The van der Waals surface area contributed by atoms with E-state index in [2.05, 4.69) is 92.0 Å². The summed E-state index contributed by atoms with van der Waals surface area (Å²) >= 11 is 1.77. The molecule has 2 nitrogen and oxygen atoms in total. The number of thiophene rings is 1. The van der Waals surface area contributed by atoms with Gasteiger partial charge in [-0.05, 0) is 48.2 Å². The summed E-state index contributed by atoms with van der Waals surface area (Å²) in [5, 5.41) is 4.56. The molecule has 3 aromatic carbocycles. The predicted octanol–water partition coefficient (Wildman–Crippen LogP) is 8.21. The summed E-state index contributed by atoms with van der Waals surface area (Å²) in [5.74, 6) is 0.900. The first-order valence-electron chi connectivity index (χ1n) is 10.9. The molecule has 0 saturated heterocycles. The number of benzene rings is 3. The molecule has 0 aliphatic carbocycles. The van der Waals surface area contributed by atoms with Gasteiger partial charge in [-0.25, -0.2) is 4.98 Å². The van der Waals surface area contributed by atoms with Gasteiger partial charge in [0.15, 0.2) is 0 Å². The van der Waals surface area contributed by atoms with E-state index in [1.807, 2.05) is 6.07 Å². The maximum absolute atomic E-state index is 6.53. The smallest absolute Gasteiger partial charge is 0.129 e. The van der Waals surface area contributed by atoms with E-state index < -0.39 is 0 Å². The van der Waals surface area contributed by atoms with E-state index >= 15 is 0 Å². The Kier molecular flexibility index (Phi) is 5.44. The summed E-state index contributed by atoms with van der Waals surface area (Å²) in [5.41, 5.74) is 5.71. The van der Waals surface area contributed by atoms with Gasteiger partial charge in [0.25, 0.3) is 0 Å². The molecular formula is C28H25NOS. The van der Waals surface area contributed by atoms with Crippen molar-refractivity contribution in [3.05, 3.63) is 95.4 Å². The highest BCUT2D eigenvalue weighted by molar-refractivity contribution is 7.17. The van der Waals surface area contributed by atoms with Crippen LogP contribution in [0, 0.1) is 0 Å². The van der Waals surface area contributed by atoms with Gasteiger partial charge in [0, 0.05) is 26.4 Å². The zero-order chi connectivity index (χ0) is 21.2. The summed E-state index contributed by atoms with van der Waals surface area (Å²) in [6.07, 6.45) is 1.87. The molecule has 0 aliphatic rings. The van der Waals surface area contributed by atoms with Crippen LogP contribution in [-0.4, -0.2) is 4.98 Å². The molecule has 0 saturated carbocycles. The number of pyridine rings is 1. The third kappa shape index (κ3) is 3.70. The number of hydrogen-bond acceptors (Lipinski definition) is 3. The van der Waals surface area contributed by atoms with E-state index in [1.54, 1.807) is 11.3 Å². The van der Waals surface area contributed by atoms with Crippen LogP contribution in [0.4, 0.5) is 0 Å². The van der Waals surface area contributed by atoms with Gasteiger partial charge in [0.2, 0.25) is 0 Å². The van der Waals surface area contributed by atoms with E-state index in [1.165, 1.54) is 26.8 Å². The highest BCUT2D eigenvalue weighted by atomic mass is 32.1. The molecule has 31 heavy (non-hydrogen) atoms. The second kappa shape index (κ2) is 8.52. The average Bonchev–Trinajstić information content (AvgIpc) is 3.27. The van der Waals surface area contributed by atoms with Gasteiger partial charge >= 0.3 is 0 Å². The molecule has 0 spiro atoms. The monoisotopic (exact) mass is 423 g/mol. The Morgan fingerprint density at radius 2 is 1.65 bits per heavy atom. The minimum atomic E-state index is 0.0253. The highest BCUT2D eigenvalue weighted by Gasteiger charge is 2.16. The molecule has 5 aromatic rings. The van der Waals surface area contributed by atoms with Gasteiger partial charge in [-0.1, -0.05) is 68.4 Å². The van der Waals surface area contributed by atoms with E-state index in [4.69, 9.17) is 9.72 Å². The van der Waals surface area contributed by atoms with Crippen molar-refractivity contribution in [3.8, 4) is 17.0 Å². The molecule has 0 unspecified atom stereocenters. The molecule has 2 aromatic heterocycles. The maximum Gasteiger partial charge on any atom is 0.129 e. The minimum Gasteiger partial charge on any atom is -0.485 e. The lowest BCUT2D eigenvalue weighted by Crippen LogP contribution is -2.07. The van der Waals surface area contributed by atoms with Crippen LogP contribution < -0.4 is 4.74 Å². The Labute approximate surface area is 187 Å². The highest BCUT2D eigenvalue weighted by Crippen LogP contribution is 2.37. The number of hydrogen-bond donors (Lipinski definition) is 0. The number of fused-ring (bicyclic) bond motifs is 2. The zero-order valence-electron chi connectivity index (χ0n) is 17.8. The SMILES string of the molecule is CCc1ccc(O[C@H](CC)c2ccccc2)c2ccc(-c3csc4ccccc34)nc12. The Bertz CT molecular complexity index is 1340. The lowest BCUT2D eigenvalue weighted by molar-refractivity contribution is 0.204. The van der Waals surface area contributed by atoms with Crippen molar-refractivity contribution < 1.29 is 4.74 Å². The lowest BCUT2D eigenvalue weighted by Gasteiger charge is -2.20. The van der Waals surface area contributed by atoms with Crippen LogP contribution in [0.25, 0.3) is 32.2 Å². The summed E-state index contributed by atoms with van der Waals surface area (Å²) in [7, 11) is 0. The number of nitrogens with zero attached hydrogens (tertiary/aromatic N) is 1. The maximum atomic E-state index is 6.53. The van der Waals surface area contributed by atoms with Crippen LogP contribution in [0.15, 0.2) is 84.2 Å². The number of ether oxygens (including phenoxy) is 1. The van der Waals surface area contributed by atoms with Crippen LogP contribution in [0.1, 0.15) is 37.5 Å². The van der Waals surface area contributed by atoms with Crippen molar-refractivity contribution in [3.63, 3.8) is 0 Å². The molecule has 0 fully saturated rings. The molecule has 3 heteroatoms. The average molecular weight is 424 g/mol. The first kappa shape index (κ1) is 19.8. The molecule has 0 aliphatic heterocycles. The van der Waals surface area contributed by atoms with E-state index in [0.29, 0.717) is 0 Å². The van der Waals surface area contributed by atoms with E-state index in [-0.39, 0.29) is 6.10 Å².